The minimum Gasteiger partial charge on any atom is -0.342 e. The Kier molecular flexibility index (Phi) is 5.54. The van der Waals surface area contributed by atoms with Crippen LogP contribution in [0.3, 0.4) is 0 Å². The monoisotopic (exact) mass is 426 g/mol. The van der Waals surface area contributed by atoms with Crippen LogP contribution in [0.1, 0.15) is 37.7 Å². The van der Waals surface area contributed by atoms with E-state index in [-0.39, 0.29) is 34.6 Å². The molecule has 0 N–H and O–H groups in total. The number of benzene rings is 1. The van der Waals surface area contributed by atoms with Crippen LogP contribution in [-0.4, -0.2) is 47.2 Å². The quantitative estimate of drug-likeness (QED) is 0.739. The molecular weight excluding hydrogens is 404 g/mol. The number of hydrogen-bond donors (Lipinski definition) is 0. The van der Waals surface area contributed by atoms with Gasteiger partial charge < -0.3 is 4.90 Å². The molecule has 1 aliphatic carbocycles. The average Bonchev–Trinajstić information content (AvgIpc) is 3.10. The number of rotatable bonds is 3. The van der Waals surface area contributed by atoms with E-state index in [1.807, 2.05) is 29.2 Å². The van der Waals surface area contributed by atoms with E-state index in [1.54, 1.807) is 0 Å². The van der Waals surface area contributed by atoms with E-state index in [0.29, 0.717) is 16.7 Å². The summed E-state index contributed by atoms with van der Waals surface area (Å²) in [6.07, 6.45) is 5.18. The first-order valence-electron chi connectivity index (χ1n) is 9.42. The summed E-state index contributed by atoms with van der Waals surface area (Å²) in [5, 5.41) is 1.25. The second-order valence-electron chi connectivity index (χ2n) is 7.59. The maximum atomic E-state index is 12.7. The Labute approximate surface area is 169 Å². The molecule has 1 aromatic carbocycles. The zero-order chi connectivity index (χ0) is 19.0. The van der Waals surface area contributed by atoms with Gasteiger partial charge in [-0.05, 0) is 24.5 Å². The summed E-state index contributed by atoms with van der Waals surface area (Å²) in [5.41, 5.74) is 0.919. The number of halogens is 1. The van der Waals surface area contributed by atoms with Gasteiger partial charge in [0.1, 0.15) is 0 Å². The zero-order valence-corrected chi connectivity index (χ0v) is 17.4. The summed E-state index contributed by atoms with van der Waals surface area (Å²) in [6, 6.07) is 7.40. The van der Waals surface area contributed by atoms with E-state index in [4.69, 9.17) is 11.6 Å². The molecule has 1 amide bonds. The number of nitrogens with zero attached hydrogens (tertiary/aromatic N) is 2. The lowest BCUT2D eigenvalue weighted by molar-refractivity contribution is -0.122. The summed E-state index contributed by atoms with van der Waals surface area (Å²) in [6.45, 7) is 0.472. The number of amidine groups is 1. The summed E-state index contributed by atoms with van der Waals surface area (Å²) in [4.78, 5) is 19.1. The number of aliphatic imine (C=N–C) groups is 1. The van der Waals surface area contributed by atoms with Crippen molar-refractivity contribution in [3.05, 3.63) is 34.9 Å². The van der Waals surface area contributed by atoms with Crippen LogP contribution in [0.25, 0.3) is 0 Å². The first kappa shape index (κ1) is 19.3. The van der Waals surface area contributed by atoms with Gasteiger partial charge in [-0.1, -0.05) is 60.8 Å². The molecule has 0 unspecified atom stereocenters. The number of amides is 1. The van der Waals surface area contributed by atoms with Crippen molar-refractivity contribution in [1.82, 2.24) is 4.90 Å². The predicted molar refractivity (Wildman–Crippen MR) is 110 cm³/mol. The van der Waals surface area contributed by atoms with Gasteiger partial charge in [0.25, 0.3) is 5.91 Å². The summed E-state index contributed by atoms with van der Waals surface area (Å²) in [5.74, 6) is 0.228. The molecule has 2 saturated heterocycles. The Hall–Kier alpha value is -1.05. The summed E-state index contributed by atoms with van der Waals surface area (Å²) >= 11 is 7.76. The van der Waals surface area contributed by atoms with Gasteiger partial charge in [0.2, 0.25) is 0 Å². The highest BCUT2D eigenvalue weighted by Gasteiger charge is 2.49. The third-order valence-corrected chi connectivity index (χ3v) is 9.25. The normalized spacial score (nSPS) is 29.2. The van der Waals surface area contributed by atoms with Crippen LogP contribution in [0, 0.1) is 5.92 Å². The molecule has 3 fully saturated rings. The lowest BCUT2D eigenvalue weighted by atomic mass is 9.89. The molecule has 0 spiro atoms. The molecule has 2 aliphatic heterocycles. The molecule has 0 radical (unpaired) electrons. The van der Waals surface area contributed by atoms with Crippen molar-refractivity contribution in [2.45, 2.75) is 49.9 Å². The van der Waals surface area contributed by atoms with E-state index in [2.05, 4.69) is 4.99 Å². The molecule has 2 atom stereocenters. The van der Waals surface area contributed by atoms with Crippen molar-refractivity contribution in [3.8, 4) is 0 Å². The molecule has 4 rings (SSSR count). The average molecular weight is 427 g/mol. The molecule has 0 aromatic heterocycles. The second-order valence-corrected chi connectivity index (χ2v) is 11.4. The number of sulfone groups is 1. The Balaban J connectivity index is 1.60. The molecule has 27 heavy (non-hydrogen) atoms. The van der Waals surface area contributed by atoms with Gasteiger partial charge in [0.15, 0.2) is 15.0 Å². The molecule has 0 bridgehead atoms. The lowest BCUT2D eigenvalue weighted by Crippen LogP contribution is -2.37. The smallest absolute Gasteiger partial charge is 0.251 e. The first-order valence-corrected chi connectivity index (χ1v) is 12.5. The highest BCUT2D eigenvalue weighted by Crippen LogP contribution is 2.40. The van der Waals surface area contributed by atoms with Gasteiger partial charge in [-0.25, -0.2) is 8.42 Å². The van der Waals surface area contributed by atoms with Crippen LogP contribution in [0.5, 0.6) is 0 Å². The third kappa shape index (κ3) is 4.20. The van der Waals surface area contributed by atoms with Crippen LogP contribution in [0.2, 0.25) is 5.02 Å². The van der Waals surface area contributed by atoms with Crippen LogP contribution in [0.4, 0.5) is 0 Å². The Morgan fingerprint density at radius 2 is 1.93 bits per heavy atom. The molecule has 5 nitrogen and oxygen atoms in total. The minimum absolute atomic E-state index is 0.0122. The highest BCUT2D eigenvalue weighted by atomic mass is 35.5. The fourth-order valence-electron chi connectivity index (χ4n) is 4.17. The Bertz CT molecular complexity index is 865. The predicted octanol–water partition coefficient (Wildman–Crippen LogP) is 3.52. The molecular formula is C19H23ClN2O3S2. The number of thioether (sulfide) groups is 1. The summed E-state index contributed by atoms with van der Waals surface area (Å²) < 4.78 is 24.2. The van der Waals surface area contributed by atoms with E-state index in [1.165, 1.54) is 18.2 Å². The lowest BCUT2D eigenvalue weighted by Gasteiger charge is -2.25. The first-order chi connectivity index (χ1) is 12.9. The van der Waals surface area contributed by atoms with Crippen molar-refractivity contribution in [2.75, 3.05) is 11.5 Å². The van der Waals surface area contributed by atoms with Crippen molar-refractivity contribution in [2.24, 2.45) is 10.9 Å². The van der Waals surface area contributed by atoms with Gasteiger partial charge in [-0.15, -0.1) is 0 Å². The van der Waals surface area contributed by atoms with E-state index >= 15 is 0 Å². The SMILES string of the molecule is O=C(N=C1S[C@@H]2CS(=O)(=O)C[C@@H]2N1Cc1ccccc1Cl)C1CCCCC1. The molecule has 2 heterocycles. The number of fused-ring (bicyclic) bond motifs is 1. The largest absolute Gasteiger partial charge is 0.342 e. The van der Waals surface area contributed by atoms with E-state index < -0.39 is 9.84 Å². The van der Waals surface area contributed by atoms with Gasteiger partial charge in [0, 0.05) is 22.7 Å². The zero-order valence-electron chi connectivity index (χ0n) is 15.0. The van der Waals surface area contributed by atoms with Crippen molar-refractivity contribution in [1.29, 1.82) is 0 Å². The van der Waals surface area contributed by atoms with E-state index in [0.717, 1.165) is 31.2 Å². The third-order valence-electron chi connectivity index (χ3n) is 5.63. The van der Waals surface area contributed by atoms with Gasteiger partial charge in [-0.2, -0.15) is 4.99 Å². The van der Waals surface area contributed by atoms with Crippen LogP contribution in [0.15, 0.2) is 29.3 Å². The van der Waals surface area contributed by atoms with Gasteiger partial charge >= 0.3 is 0 Å². The molecule has 146 valence electrons. The minimum atomic E-state index is -3.05. The summed E-state index contributed by atoms with van der Waals surface area (Å²) in [7, 11) is -3.05. The molecule has 3 aliphatic rings. The fourth-order valence-corrected chi connectivity index (χ4v) is 8.32. The molecule has 8 heteroatoms. The maximum absolute atomic E-state index is 12.7. The van der Waals surface area contributed by atoms with Crippen molar-refractivity contribution in [3.63, 3.8) is 0 Å². The van der Waals surface area contributed by atoms with E-state index in [9.17, 15) is 13.2 Å². The van der Waals surface area contributed by atoms with Crippen molar-refractivity contribution < 1.29 is 13.2 Å². The number of carbonyl (C=O) groups excluding carboxylic acids is 1. The van der Waals surface area contributed by atoms with Crippen molar-refractivity contribution >= 4 is 44.3 Å². The maximum Gasteiger partial charge on any atom is 0.251 e. The fraction of sp³-hybridized carbons (Fsp3) is 0.579. The van der Waals surface area contributed by atoms with Crippen LogP contribution < -0.4 is 0 Å². The van der Waals surface area contributed by atoms with Gasteiger partial charge in [0.05, 0.1) is 17.5 Å². The van der Waals surface area contributed by atoms with Gasteiger partial charge in [-0.3, -0.25) is 4.79 Å². The Morgan fingerprint density at radius 3 is 2.67 bits per heavy atom. The van der Waals surface area contributed by atoms with Crippen LogP contribution in [-0.2, 0) is 21.2 Å². The highest BCUT2D eigenvalue weighted by molar-refractivity contribution is 8.15. The van der Waals surface area contributed by atoms with Crippen LogP contribution >= 0.6 is 23.4 Å². The number of hydrogen-bond acceptors (Lipinski definition) is 4. The number of carbonyl (C=O) groups is 1. The Morgan fingerprint density at radius 1 is 1.19 bits per heavy atom. The standard InChI is InChI=1S/C19H23ClN2O3S2/c20-15-9-5-4-8-14(15)10-22-16-11-27(24,25)12-17(16)26-19(22)21-18(23)13-6-2-1-3-7-13/h4-5,8-9,13,16-17H,1-3,6-7,10-12H2/t16-,17+/m0/s1. The topological polar surface area (TPSA) is 66.8 Å². The second kappa shape index (κ2) is 7.76. The molecule has 1 saturated carbocycles. The molecule has 1 aromatic rings.